The van der Waals surface area contributed by atoms with Gasteiger partial charge in [0.1, 0.15) is 18.2 Å². The van der Waals surface area contributed by atoms with Crippen molar-refractivity contribution in [3.05, 3.63) is 50.4 Å². The molecule has 0 saturated heterocycles. The summed E-state index contributed by atoms with van der Waals surface area (Å²) in [6.45, 7) is 4.19. The van der Waals surface area contributed by atoms with Crippen molar-refractivity contribution in [1.82, 2.24) is 5.32 Å². The van der Waals surface area contributed by atoms with E-state index in [1.807, 2.05) is 0 Å². The average Bonchev–Trinajstić information content (AvgIpc) is 2.79. The minimum atomic E-state index is -0.306. The Morgan fingerprint density at radius 1 is 1.32 bits per heavy atom. The van der Waals surface area contributed by atoms with Crippen molar-refractivity contribution in [3.8, 4) is 5.75 Å². The molecule has 0 unspecified atom stereocenters. The van der Waals surface area contributed by atoms with Crippen LogP contribution >= 0.6 is 27.3 Å². The molecule has 1 N–H and O–H groups in total. The Hall–Kier alpha value is -0.910. The van der Waals surface area contributed by atoms with Crippen LogP contribution in [0.2, 0.25) is 0 Å². The predicted molar refractivity (Wildman–Crippen MR) is 80.4 cm³/mol. The van der Waals surface area contributed by atoms with E-state index >= 15 is 0 Å². The molecule has 2 rings (SSSR count). The van der Waals surface area contributed by atoms with Crippen molar-refractivity contribution >= 4 is 27.3 Å². The third-order valence-corrected chi connectivity index (χ3v) is 4.18. The first-order valence-electron chi connectivity index (χ1n) is 5.99. The summed E-state index contributed by atoms with van der Waals surface area (Å²) in [5.74, 6) is 0.244. The second-order valence-electron chi connectivity index (χ2n) is 4.11. The smallest absolute Gasteiger partial charge is 0.141 e. The fourth-order valence-corrected chi connectivity index (χ4v) is 2.71. The van der Waals surface area contributed by atoms with Gasteiger partial charge in [0.05, 0.1) is 4.47 Å². The van der Waals surface area contributed by atoms with Crippen LogP contribution < -0.4 is 10.1 Å². The largest absolute Gasteiger partial charge is 0.492 e. The molecule has 0 saturated carbocycles. The monoisotopic (exact) mass is 343 g/mol. The topological polar surface area (TPSA) is 21.3 Å². The van der Waals surface area contributed by atoms with Gasteiger partial charge in [-0.15, -0.1) is 11.3 Å². The molecule has 1 aromatic carbocycles. The Morgan fingerprint density at radius 2 is 2.16 bits per heavy atom. The van der Waals surface area contributed by atoms with Crippen molar-refractivity contribution in [1.29, 1.82) is 0 Å². The predicted octanol–water partition coefficient (Wildman–Crippen LogP) is 4.13. The van der Waals surface area contributed by atoms with E-state index < -0.39 is 0 Å². The van der Waals surface area contributed by atoms with E-state index in [0.29, 0.717) is 16.8 Å². The lowest BCUT2D eigenvalue weighted by molar-refractivity contribution is 0.312. The summed E-state index contributed by atoms with van der Waals surface area (Å²) in [5, 5.41) is 3.29. The lowest BCUT2D eigenvalue weighted by Crippen LogP contribution is -2.20. The van der Waals surface area contributed by atoms with E-state index in [1.165, 1.54) is 15.8 Å². The summed E-state index contributed by atoms with van der Waals surface area (Å²) in [7, 11) is 0. The number of thiophene rings is 1. The molecular weight excluding hydrogens is 329 g/mol. The van der Waals surface area contributed by atoms with Crippen LogP contribution in [0.1, 0.15) is 9.75 Å². The average molecular weight is 344 g/mol. The zero-order chi connectivity index (χ0) is 13.7. The first kappa shape index (κ1) is 14.5. The van der Waals surface area contributed by atoms with Crippen LogP contribution in [0.15, 0.2) is 34.8 Å². The number of hydrogen-bond donors (Lipinski definition) is 1. The quantitative estimate of drug-likeness (QED) is 0.796. The molecule has 0 aliphatic rings. The van der Waals surface area contributed by atoms with Gasteiger partial charge in [0.2, 0.25) is 0 Å². The lowest BCUT2D eigenvalue weighted by Gasteiger charge is -2.07. The summed E-state index contributed by atoms with van der Waals surface area (Å²) >= 11 is 4.90. The third-order valence-electron chi connectivity index (χ3n) is 2.53. The standard InChI is InChI=1S/C14H15BrFNOS/c1-10-2-4-12(19-10)9-17-6-7-18-11-3-5-13(15)14(16)8-11/h2-5,8,17H,6-7,9H2,1H3. The van der Waals surface area contributed by atoms with Gasteiger partial charge in [-0.2, -0.15) is 0 Å². The molecule has 102 valence electrons. The number of nitrogens with one attached hydrogen (secondary N) is 1. The maximum Gasteiger partial charge on any atom is 0.141 e. The van der Waals surface area contributed by atoms with E-state index in [2.05, 4.69) is 40.3 Å². The highest BCUT2D eigenvalue weighted by Gasteiger charge is 2.01. The summed E-state index contributed by atoms with van der Waals surface area (Å²) in [6.07, 6.45) is 0. The first-order valence-corrected chi connectivity index (χ1v) is 7.60. The third kappa shape index (κ3) is 4.60. The highest BCUT2D eigenvalue weighted by molar-refractivity contribution is 9.10. The van der Waals surface area contributed by atoms with Crippen LogP contribution in [0.4, 0.5) is 4.39 Å². The zero-order valence-electron chi connectivity index (χ0n) is 10.6. The number of hydrogen-bond acceptors (Lipinski definition) is 3. The molecule has 2 nitrogen and oxygen atoms in total. The maximum atomic E-state index is 13.2. The van der Waals surface area contributed by atoms with Crippen molar-refractivity contribution in [2.24, 2.45) is 0 Å². The Morgan fingerprint density at radius 3 is 2.84 bits per heavy atom. The summed E-state index contributed by atoms with van der Waals surface area (Å²) < 4.78 is 19.2. The highest BCUT2D eigenvalue weighted by atomic mass is 79.9. The molecule has 1 heterocycles. The van der Waals surface area contributed by atoms with Crippen LogP contribution in [0.25, 0.3) is 0 Å². The molecule has 0 atom stereocenters. The zero-order valence-corrected chi connectivity index (χ0v) is 13.0. The van der Waals surface area contributed by atoms with Gasteiger partial charge < -0.3 is 10.1 Å². The summed E-state index contributed by atoms with van der Waals surface area (Å²) in [6, 6.07) is 9.01. The molecule has 0 bridgehead atoms. The SMILES string of the molecule is Cc1ccc(CNCCOc2ccc(Br)c(F)c2)s1. The first-order chi connectivity index (χ1) is 9.15. The number of rotatable bonds is 6. The molecule has 0 amide bonds. The van der Waals surface area contributed by atoms with Gasteiger partial charge in [-0.25, -0.2) is 4.39 Å². The van der Waals surface area contributed by atoms with Gasteiger partial charge in [-0.1, -0.05) is 0 Å². The fourth-order valence-electron chi connectivity index (χ4n) is 1.60. The van der Waals surface area contributed by atoms with E-state index in [9.17, 15) is 4.39 Å². The Balaban J connectivity index is 1.67. The van der Waals surface area contributed by atoms with Crippen LogP contribution in [0.3, 0.4) is 0 Å². The number of halogens is 2. The van der Waals surface area contributed by atoms with Gasteiger partial charge in [0.15, 0.2) is 0 Å². The van der Waals surface area contributed by atoms with Gasteiger partial charge in [-0.3, -0.25) is 0 Å². The van der Waals surface area contributed by atoms with Crippen LogP contribution in [-0.4, -0.2) is 13.2 Å². The van der Waals surface area contributed by atoms with Crippen molar-refractivity contribution in [3.63, 3.8) is 0 Å². The van der Waals surface area contributed by atoms with Crippen LogP contribution in [0.5, 0.6) is 5.75 Å². The second kappa shape index (κ2) is 7.03. The molecular formula is C14H15BrFNOS. The molecule has 1 aromatic heterocycles. The molecule has 0 aliphatic heterocycles. The molecule has 0 aliphatic carbocycles. The Bertz CT molecular complexity index is 544. The van der Waals surface area contributed by atoms with Gasteiger partial charge in [0.25, 0.3) is 0 Å². The van der Waals surface area contributed by atoms with E-state index in [1.54, 1.807) is 23.5 Å². The Labute approximate surface area is 124 Å². The molecule has 2 aromatic rings. The molecule has 0 spiro atoms. The van der Waals surface area contributed by atoms with Gasteiger partial charge >= 0.3 is 0 Å². The molecule has 5 heteroatoms. The maximum absolute atomic E-state index is 13.2. The fraction of sp³-hybridized carbons (Fsp3) is 0.286. The Kier molecular flexibility index (Phi) is 5.36. The van der Waals surface area contributed by atoms with Crippen LogP contribution in [-0.2, 0) is 6.54 Å². The number of benzene rings is 1. The minimum absolute atomic E-state index is 0.306. The van der Waals surface area contributed by atoms with E-state index in [4.69, 9.17) is 4.74 Å². The lowest BCUT2D eigenvalue weighted by atomic mass is 10.3. The second-order valence-corrected chi connectivity index (χ2v) is 6.34. The highest BCUT2D eigenvalue weighted by Crippen LogP contribution is 2.20. The van der Waals surface area contributed by atoms with Gasteiger partial charge in [-0.05, 0) is 47.1 Å². The number of aryl methyl sites for hydroxylation is 1. The van der Waals surface area contributed by atoms with E-state index in [-0.39, 0.29) is 5.82 Å². The van der Waals surface area contributed by atoms with E-state index in [0.717, 1.165) is 13.1 Å². The van der Waals surface area contributed by atoms with Crippen molar-refractivity contribution in [2.45, 2.75) is 13.5 Å². The summed E-state index contributed by atoms with van der Waals surface area (Å²) in [4.78, 5) is 2.63. The van der Waals surface area contributed by atoms with Crippen molar-refractivity contribution in [2.75, 3.05) is 13.2 Å². The normalized spacial score (nSPS) is 10.7. The summed E-state index contributed by atoms with van der Waals surface area (Å²) in [5.41, 5.74) is 0. The van der Waals surface area contributed by atoms with Crippen LogP contribution in [0, 0.1) is 12.7 Å². The number of ether oxygens (including phenoxy) is 1. The molecule has 19 heavy (non-hydrogen) atoms. The van der Waals surface area contributed by atoms with Gasteiger partial charge in [0, 0.05) is 28.9 Å². The molecule has 0 fully saturated rings. The molecule has 0 radical (unpaired) electrons. The van der Waals surface area contributed by atoms with Crippen molar-refractivity contribution < 1.29 is 9.13 Å². The minimum Gasteiger partial charge on any atom is -0.492 e.